The minimum absolute atomic E-state index is 0.0642. The topological polar surface area (TPSA) is 56.1 Å². The number of nitrogens with zero attached hydrogens (tertiary/aromatic N) is 2. The third kappa shape index (κ3) is 4.44. The molecule has 5 nitrogen and oxygen atoms in total. The molecular weight excluding hydrogens is 338 g/mol. The van der Waals surface area contributed by atoms with E-state index in [9.17, 15) is 4.79 Å². The highest BCUT2D eigenvalue weighted by Crippen LogP contribution is 2.28. The maximum atomic E-state index is 12.8. The van der Waals surface area contributed by atoms with Gasteiger partial charge in [-0.1, -0.05) is 29.8 Å². The number of carbonyl (C=O) groups excluding carboxylic acids is 1. The van der Waals surface area contributed by atoms with Gasteiger partial charge in [0.1, 0.15) is 0 Å². The van der Waals surface area contributed by atoms with Crippen LogP contribution < -0.4 is 5.32 Å². The molecule has 1 amide bonds. The van der Waals surface area contributed by atoms with Crippen molar-refractivity contribution in [3.63, 3.8) is 0 Å². The first-order valence-electron chi connectivity index (χ1n) is 8.98. The van der Waals surface area contributed by atoms with E-state index < -0.39 is 0 Å². The van der Waals surface area contributed by atoms with Crippen molar-refractivity contribution in [2.75, 3.05) is 13.7 Å². The van der Waals surface area contributed by atoms with E-state index in [0.717, 1.165) is 22.4 Å². The van der Waals surface area contributed by atoms with Crippen LogP contribution in [-0.4, -0.2) is 35.4 Å². The molecule has 5 heteroatoms. The molecule has 1 atom stereocenters. The number of rotatable bonds is 6. The average Bonchev–Trinajstić information content (AvgIpc) is 3.08. The molecule has 0 spiro atoms. The molecule has 0 bridgehead atoms. The van der Waals surface area contributed by atoms with Crippen LogP contribution in [0.1, 0.15) is 22.8 Å². The summed E-state index contributed by atoms with van der Waals surface area (Å²) in [6, 6.07) is 16.1. The van der Waals surface area contributed by atoms with Gasteiger partial charge in [-0.2, -0.15) is 5.10 Å². The van der Waals surface area contributed by atoms with Gasteiger partial charge in [0.15, 0.2) is 0 Å². The van der Waals surface area contributed by atoms with Gasteiger partial charge >= 0.3 is 0 Å². The van der Waals surface area contributed by atoms with Gasteiger partial charge < -0.3 is 10.1 Å². The van der Waals surface area contributed by atoms with E-state index in [1.807, 2.05) is 36.9 Å². The first-order chi connectivity index (χ1) is 13.0. The standard InChI is InChI=1S/C22H25N3O2/c1-15-5-7-17(8-6-15)18-11-19(21-9-10-23-25(21)3)13-20(12-18)22(26)24-16(2)14-27-4/h5-13,16H,14H2,1-4H3,(H,24,26). The quantitative estimate of drug-likeness (QED) is 0.724. The third-order valence-corrected chi connectivity index (χ3v) is 4.49. The van der Waals surface area contributed by atoms with E-state index >= 15 is 0 Å². The van der Waals surface area contributed by atoms with Crippen LogP contribution in [0.25, 0.3) is 22.4 Å². The van der Waals surface area contributed by atoms with E-state index in [4.69, 9.17) is 4.74 Å². The van der Waals surface area contributed by atoms with Gasteiger partial charge in [-0.15, -0.1) is 0 Å². The second kappa shape index (κ2) is 8.18. The molecule has 0 fully saturated rings. The van der Waals surface area contributed by atoms with Crippen LogP contribution in [0.2, 0.25) is 0 Å². The molecule has 0 radical (unpaired) electrons. The maximum Gasteiger partial charge on any atom is 0.251 e. The minimum Gasteiger partial charge on any atom is -0.383 e. The lowest BCUT2D eigenvalue weighted by Crippen LogP contribution is -2.35. The molecule has 1 aromatic heterocycles. The Balaban J connectivity index is 2.04. The number of hydrogen-bond acceptors (Lipinski definition) is 3. The summed E-state index contributed by atoms with van der Waals surface area (Å²) < 4.78 is 6.93. The molecule has 3 aromatic rings. The molecule has 1 unspecified atom stereocenters. The second-order valence-corrected chi connectivity index (χ2v) is 6.83. The van der Waals surface area contributed by atoms with Gasteiger partial charge in [0, 0.05) is 37.5 Å². The van der Waals surface area contributed by atoms with Gasteiger partial charge in [-0.3, -0.25) is 9.48 Å². The molecule has 0 saturated carbocycles. The number of amides is 1. The first-order valence-corrected chi connectivity index (χ1v) is 8.98. The molecule has 1 heterocycles. The number of methoxy groups -OCH3 is 1. The molecule has 140 valence electrons. The summed E-state index contributed by atoms with van der Waals surface area (Å²) in [5.74, 6) is -0.114. The number of aryl methyl sites for hydroxylation is 2. The highest BCUT2D eigenvalue weighted by Gasteiger charge is 2.14. The van der Waals surface area contributed by atoms with Gasteiger partial charge in [-0.25, -0.2) is 0 Å². The normalized spacial score (nSPS) is 12.0. The van der Waals surface area contributed by atoms with Crippen LogP contribution in [0.4, 0.5) is 0 Å². The number of nitrogens with one attached hydrogen (secondary N) is 1. The lowest BCUT2D eigenvalue weighted by atomic mass is 9.97. The average molecular weight is 363 g/mol. The Kier molecular flexibility index (Phi) is 5.72. The monoisotopic (exact) mass is 363 g/mol. The van der Waals surface area contributed by atoms with Crippen molar-refractivity contribution >= 4 is 5.91 Å². The number of hydrogen-bond donors (Lipinski definition) is 1. The fourth-order valence-corrected chi connectivity index (χ4v) is 3.08. The van der Waals surface area contributed by atoms with E-state index in [1.54, 1.807) is 13.3 Å². The number of benzene rings is 2. The van der Waals surface area contributed by atoms with Crippen molar-refractivity contribution in [1.82, 2.24) is 15.1 Å². The molecule has 27 heavy (non-hydrogen) atoms. The van der Waals surface area contributed by atoms with E-state index in [1.165, 1.54) is 5.56 Å². The Morgan fingerprint density at radius 3 is 2.44 bits per heavy atom. The summed E-state index contributed by atoms with van der Waals surface area (Å²) in [5.41, 5.74) is 5.81. The first kappa shape index (κ1) is 18.9. The van der Waals surface area contributed by atoms with Crippen LogP contribution in [0.5, 0.6) is 0 Å². The molecular formula is C22H25N3O2. The van der Waals surface area contributed by atoms with Gasteiger partial charge in [0.2, 0.25) is 0 Å². The van der Waals surface area contributed by atoms with Crippen molar-refractivity contribution in [1.29, 1.82) is 0 Å². The second-order valence-electron chi connectivity index (χ2n) is 6.83. The van der Waals surface area contributed by atoms with Crippen molar-refractivity contribution in [3.05, 3.63) is 65.9 Å². The molecule has 2 aromatic carbocycles. The predicted molar refractivity (Wildman–Crippen MR) is 108 cm³/mol. The summed E-state index contributed by atoms with van der Waals surface area (Å²) in [5, 5.41) is 7.24. The lowest BCUT2D eigenvalue weighted by Gasteiger charge is -2.15. The van der Waals surface area contributed by atoms with E-state index in [0.29, 0.717) is 12.2 Å². The zero-order valence-electron chi connectivity index (χ0n) is 16.2. The molecule has 0 aliphatic heterocycles. The lowest BCUT2D eigenvalue weighted by molar-refractivity contribution is 0.0905. The third-order valence-electron chi connectivity index (χ3n) is 4.49. The van der Waals surface area contributed by atoms with E-state index in [2.05, 4.69) is 47.7 Å². The molecule has 0 aliphatic rings. The van der Waals surface area contributed by atoms with Crippen molar-refractivity contribution < 1.29 is 9.53 Å². The van der Waals surface area contributed by atoms with Gasteiger partial charge in [0.05, 0.1) is 12.3 Å². The highest BCUT2D eigenvalue weighted by atomic mass is 16.5. The molecule has 1 N–H and O–H groups in total. The highest BCUT2D eigenvalue weighted by molar-refractivity contribution is 5.97. The zero-order valence-corrected chi connectivity index (χ0v) is 16.2. The van der Waals surface area contributed by atoms with Crippen LogP contribution in [0.15, 0.2) is 54.7 Å². The van der Waals surface area contributed by atoms with Crippen LogP contribution in [-0.2, 0) is 11.8 Å². The van der Waals surface area contributed by atoms with Crippen molar-refractivity contribution in [3.8, 4) is 22.4 Å². The Morgan fingerprint density at radius 1 is 1.11 bits per heavy atom. The van der Waals surface area contributed by atoms with Crippen molar-refractivity contribution in [2.45, 2.75) is 19.9 Å². The van der Waals surface area contributed by atoms with Gasteiger partial charge in [0.25, 0.3) is 5.91 Å². The number of aromatic nitrogens is 2. The van der Waals surface area contributed by atoms with Gasteiger partial charge in [-0.05, 0) is 49.2 Å². The van der Waals surface area contributed by atoms with Crippen LogP contribution in [0.3, 0.4) is 0 Å². The smallest absolute Gasteiger partial charge is 0.251 e. The summed E-state index contributed by atoms with van der Waals surface area (Å²) in [6.45, 7) is 4.46. The summed E-state index contributed by atoms with van der Waals surface area (Å²) in [4.78, 5) is 12.8. The van der Waals surface area contributed by atoms with Crippen molar-refractivity contribution in [2.24, 2.45) is 7.05 Å². The number of ether oxygens (including phenoxy) is 1. The fraction of sp³-hybridized carbons (Fsp3) is 0.273. The summed E-state index contributed by atoms with van der Waals surface area (Å²) in [6.07, 6.45) is 1.76. The number of carbonyl (C=O) groups is 1. The largest absolute Gasteiger partial charge is 0.383 e. The Hall–Kier alpha value is -2.92. The summed E-state index contributed by atoms with van der Waals surface area (Å²) >= 11 is 0. The summed E-state index contributed by atoms with van der Waals surface area (Å²) in [7, 11) is 3.52. The minimum atomic E-state index is -0.114. The Bertz CT molecular complexity index is 929. The van der Waals surface area contributed by atoms with E-state index in [-0.39, 0.29) is 11.9 Å². The Labute approximate surface area is 160 Å². The predicted octanol–water partition coefficient (Wildman–Crippen LogP) is 3.83. The fourth-order valence-electron chi connectivity index (χ4n) is 3.08. The Morgan fingerprint density at radius 2 is 1.81 bits per heavy atom. The van der Waals surface area contributed by atoms with Crippen LogP contribution >= 0.6 is 0 Å². The van der Waals surface area contributed by atoms with Crippen LogP contribution in [0, 0.1) is 6.92 Å². The maximum absolute atomic E-state index is 12.8. The molecule has 3 rings (SSSR count). The molecule has 0 saturated heterocycles. The SMILES string of the molecule is COCC(C)NC(=O)c1cc(-c2ccc(C)cc2)cc(-c2ccnn2C)c1. The molecule has 0 aliphatic carbocycles. The zero-order chi connectivity index (χ0) is 19.4.